The molecular weight excluding hydrogens is 376 g/mol. The number of likely N-dealkylation sites (tertiary alicyclic amines) is 1. The lowest BCUT2D eigenvalue weighted by Gasteiger charge is -2.58. The van der Waals surface area contributed by atoms with Crippen molar-refractivity contribution in [2.24, 2.45) is 4.99 Å². The summed E-state index contributed by atoms with van der Waals surface area (Å²) in [5, 5.41) is 0. The quantitative estimate of drug-likeness (QED) is 0.371. The molecule has 31 heavy (non-hydrogen) atoms. The molecule has 5 rings (SSSR count). The van der Waals surface area contributed by atoms with E-state index in [-0.39, 0.29) is 11.5 Å². The predicted molar refractivity (Wildman–Crippen MR) is 129 cm³/mol. The van der Waals surface area contributed by atoms with Crippen molar-refractivity contribution in [1.29, 1.82) is 0 Å². The van der Waals surface area contributed by atoms with Gasteiger partial charge in [-0.2, -0.15) is 0 Å². The summed E-state index contributed by atoms with van der Waals surface area (Å²) in [5.74, 6) is 1.07. The van der Waals surface area contributed by atoms with Gasteiger partial charge in [-0.15, -0.1) is 0 Å². The van der Waals surface area contributed by atoms with Gasteiger partial charge in [-0.25, -0.2) is 4.99 Å². The minimum atomic E-state index is -0.358. The highest BCUT2D eigenvalue weighted by atomic mass is 15.3. The summed E-state index contributed by atoms with van der Waals surface area (Å²) in [6.07, 6.45) is 0. The summed E-state index contributed by atoms with van der Waals surface area (Å²) >= 11 is 0. The first-order valence-corrected chi connectivity index (χ1v) is 10.8. The minimum Gasteiger partial charge on any atom is -0.353 e. The lowest BCUT2D eigenvalue weighted by molar-refractivity contribution is 0.204. The average Bonchev–Trinajstić information content (AvgIpc) is 2.83. The van der Waals surface area contributed by atoms with Crippen molar-refractivity contribution >= 4 is 11.5 Å². The summed E-state index contributed by atoms with van der Waals surface area (Å²) in [7, 11) is 2.16. The summed E-state index contributed by atoms with van der Waals surface area (Å²) < 4.78 is 0. The van der Waals surface area contributed by atoms with E-state index in [1.807, 2.05) is 0 Å². The van der Waals surface area contributed by atoms with Crippen molar-refractivity contribution < 1.29 is 0 Å². The van der Waals surface area contributed by atoms with Crippen LogP contribution in [-0.2, 0) is 5.41 Å². The van der Waals surface area contributed by atoms with Crippen LogP contribution < -0.4 is 0 Å². The first-order valence-electron chi connectivity index (χ1n) is 10.8. The molecule has 0 spiro atoms. The maximum absolute atomic E-state index is 5.21. The smallest absolute Gasteiger partial charge is 0.123 e. The second-order valence-corrected chi connectivity index (χ2v) is 8.24. The highest BCUT2D eigenvalue weighted by Gasteiger charge is 2.59. The molecule has 4 aromatic carbocycles. The summed E-state index contributed by atoms with van der Waals surface area (Å²) in [4.78, 5) is 7.54. The third-order valence-electron chi connectivity index (χ3n) is 6.33. The number of nitrogens with zero attached hydrogens (tertiary/aromatic N) is 2. The zero-order valence-electron chi connectivity index (χ0n) is 17.9. The third kappa shape index (κ3) is 3.16. The highest BCUT2D eigenvalue weighted by molar-refractivity contribution is 6.05. The molecule has 2 heteroatoms. The van der Waals surface area contributed by atoms with E-state index in [0.717, 1.165) is 11.5 Å². The number of amidine groups is 1. The molecular formula is C29H26N2. The van der Waals surface area contributed by atoms with Crippen molar-refractivity contribution in [1.82, 2.24) is 4.90 Å². The lowest BCUT2D eigenvalue weighted by atomic mass is 9.59. The molecule has 2 nitrogen and oxygen atoms in total. The fourth-order valence-corrected chi connectivity index (χ4v) is 4.91. The maximum Gasteiger partial charge on any atom is 0.123 e. The number of hydrogen-bond acceptors (Lipinski definition) is 1. The van der Waals surface area contributed by atoms with Gasteiger partial charge in [-0.1, -0.05) is 109 Å². The molecule has 0 aromatic heterocycles. The third-order valence-corrected chi connectivity index (χ3v) is 6.33. The molecule has 0 N–H and O–H groups in total. The van der Waals surface area contributed by atoms with Crippen LogP contribution in [0.1, 0.15) is 28.3 Å². The van der Waals surface area contributed by atoms with Crippen LogP contribution in [0.25, 0.3) is 0 Å². The Morgan fingerprint density at radius 3 is 1.65 bits per heavy atom. The molecule has 152 valence electrons. The van der Waals surface area contributed by atoms with Gasteiger partial charge in [-0.3, -0.25) is 0 Å². The minimum absolute atomic E-state index is 0.155. The molecule has 0 bridgehead atoms. The van der Waals surface area contributed by atoms with Gasteiger partial charge in [0.15, 0.2) is 0 Å². The number of rotatable bonds is 4. The average molecular weight is 403 g/mol. The van der Waals surface area contributed by atoms with Gasteiger partial charge in [0, 0.05) is 7.05 Å². The molecule has 0 aliphatic carbocycles. The van der Waals surface area contributed by atoms with Crippen LogP contribution in [0, 0.1) is 6.92 Å². The van der Waals surface area contributed by atoms with E-state index in [2.05, 4.69) is 134 Å². The fraction of sp³-hybridized carbons (Fsp3) is 0.138. The first-order chi connectivity index (χ1) is 15.2. The van der Waals surface area contributed by atoms with E-state index in [4.69, 9.17) is 4.99 Å². The lowest BCUT2D eigenvalue weighted by Crippen LogP contribution is -2.65. The van der Waals surface area contributed by atoms with E-state index in [1.54, 1.807) is 0 Å². The Bertz CT molecular complexity index is 1140. The Labute approximate surface area is 184 Å². The first kappa shape index (κ1) is 19.3. The summed E-state index contributed by atoms with van der Waals surface area (Å²) in [6, 6.07) is 41.0. The van der Waals surface area contributed by atoms with E-state index in [1.165, 1.54) is 22.3 Å². The zero-order chi connectivity index (χ0) is 21.3. The molecule has 1 saturated heterocycles. The highest BCUT2D eigenvalue weighted by Crippen LogP contribution is 2.56. The van der Waals surface area contributed by atoms with E-state index in [0.29, 0.717) is 0 Å². The van der Waals surface area contributed by atoms with Crippen LogP contribution >= 0.6 is 0 Å². The molecule has 1 heterocycles. The predicted octanol–water partition coefficient (Wildman–Crippen LogP) is 6.70. The van der Waals surface area contributed by atoms with Gasteiger partial charge in [0.1, 0.15) is 11.3 Å². The van der Waals surface area contributed by atoms with Gasteiger partial charge in [0.2, 0.25) is 0 Å². The Balaban J connectivity index is 1.79. The topological polar surface area (TPSA) is 15.6 Å². The van der Waals surface area contributed by atoms with Crippen LogP contribution in [0.5, 0.6) is 0 Å². The fourth-order valence-electron chi connectivity index (χ4n) is 4.91. The van der Waals surface area contributed by atoms with Crippen molar-refractivity contribution in [3.63, 3.8) is 0 Å². The summed E-state index contributed by atoms with van der Waals surface area (Å²) in [5.41, 5.74) is 5.68. The molecule has 0 saturated carbocycles. The van der Waals surface area contributed by atoms with Crippen LogP contribution in [0.3, 0.4) is 0 Å². The number of hydrogen-bond donors (Lipinski definition) is 0. The standard InChI is InChI=1S/C29H26N2/c1-22-18-20-26(21-19-22)30-28-29(24-14-8-4-9-15-24,25-16-10-5-11-17-25)27(31(28)2)23-12-6-3-7-13-23/h3-21,27H,1-2H3. The molecule has 1 atom stereocenters. The monoisotopic (exact) mass is 402 g/mol. The SMILES string of the molecule is Cc1ccc(N=C2N(C)C(c3ccccc3)C2(c2ccccc2)c2ccccc2)cc1. The van der Waals surface area contributed by atoms with Crippen molar-refractivity contribution in [3.8, 4) is 0 Å². The molecule has 0 radical (unpaired) electrons. The van der Waals surface area contributed by atoms with Crippen LogP contribution in [0.2, 0.25) is 0 Å². The molecule has 1 fully saturated rings. The van der Waals surface area contributed by atoms with Crippen LogP contribution in [0.15, 0.2) is 120 Å². The molecule has 4 aromatic rings. The zero-order valence-corrected chi connectivity index (χ0v) is 17.9. The van der Waals surface area contributed by atoms with E-state index < -0.39 is 0 Å². The second kappa shape index (κ2) is 7.88. The maximum atomic E-state index is 5.21. The Morgan fingerprint density at radius 2 is 1.13 bits per heavy atom. The van der Waals surface area contributed by atoms with E-state index in [9.17, 15) is 0 Å². The number of aliphatic imine (C=N–C) groups is 1. The Morgan fingerprint density at radius 1 is 0.645 bits per heavy atom. The Kier molecular flexibility index (Phi) is 4.91. The molecule has 0 amide bonds. The van der Waals surface area contributed by atoms with Gasteiger partial charge in [-0.05, 0) is 35.7 Å². The molecule has 1 aliphatic rings. The van der Waals surface area contributed by atoms with Gasteiger partial charge >= 0.3 is 0 Å². The number of aryl methyl sites for hydroxylation is 1. The largest absolute Gasteiger partial charge is 0.353 e. The summed E-state index contributed by atoms with van der Waals surface area (Å²) in [6.45, 7) is 2.11. The van der Waals surface area contributed by atoms with Crippen molar-refractivity contribution in [2.75, 3.05) is 7.05 Å². The van der Waals surface area contributed by atoms with E-state index >= 15 is 0 Å². The van der Waals surface area contributed by atoms with Crippen molar-refractivity contribution in [2.45, 2.75) is 18.4 Å². The normalized spacial score (nSPS) is 18.6. The van der Waals surface area contributed by atoms with Crippen LogP contribution in [-0.4, -0.2) is 17.8 Å². The molecule has 1 aliphatic heterocycles. The molecule has 1 unspecified atom stereocenters. The number of benzene rings is 4. The van der Waals surface area contributed by atoms with Gasteiger partial charge in [0.05, 0.1) is 11.7 Å². The Hall–Kier alpha value is -3.65. The van der Waals surface area contributed by atoms with Crippen molar-refractivity contribution in [3.05, 3.63) is 138 Å². The number of likely N-dealkylation sites (N-methyl/N-ethyl adjacent to an activating group) is 1. The van der Waals surface area contributed by atoms with Gasteiger partial charge < -0.3 is 4.90 Å². The second-order valence-electron chi connectivity index (χ2n) is 8.24. The van der Waals surface area contributed by atoms with Gasteiger partial charge in [0.25, 0.3) is 0 Å². The van der Waals surface area contributed by atoms with Crippen LogP contribution in [0.4, 0.5) is 5.69 Å².